The number of nitrogens with zero attached hydrogens (tertiary/aromatic N) is 3. The molecular formula is C12H22N4. The summed E-state index contributed by atoms with van der Waals surface area (Å²) in [6, 6.07) is 1.13. The molecule has 0 saturated heterocycles. The molecule has 0 radical (unpaired) electrons. The van der Waals surface area contributed by atoms with E-state index in [0.717, 1.165) is 12.4 Å². The number of rotatable bonds is 4. The van der Waals surface area contributed by atoms with Gasteiger partial charge in [0, 0.05) is 12.1 Å². The molecule has 0 spiro atoms. The van der Waals surface area contributed by atoms with Crippen LogP contribution in [0.15, 0.2) is 6.33 Å². The van der Waals surface area contributed by atoms with E-state index >= 15 is 0 Å². The zero-order chi connectivity index (χ0) is 11.8. The number of aromatic nitrogens is 3. The summed E-state index contributed by atoms with van der Waals surface area (Å²) in [5.74, 6) is 1.07. The molecule has 1 saturated carbocycles. The van der Waals surface area contributed by atoms with Crippen LogP contribution < -0.4 is 5.32 Å². The van der Waals surface area contributed by atoms with Gasteiger partial charge in [0.2, 0.25) is 0 Å². The molecule has 16 heavy (non-hydrogen) atoms. The second kappa shape index (κ2) is 4.17. The van der Waals surface area contributed by atoms with Crippen molar-refractivity contribution in [3.63, 3.8) is 0 Å². The van der Waals surface area contributed by atoms with Crippen LogP contribution >= 0.6 is 0 Å². The Hall–Kier alpha value is -0.900. The van der Waals surface area contributed by atoms with E-state index in [1.165, 1.54) is 12.8 Å². The molecule has 1 aromatic heterocycles. The third-order valence-electron chi connectivity index (χ3n) is 3.45. The molecule has 90 valence electrons. The first-order chi connectivity index (χ1) is 7.48. The Morgan fingerprint density at radius 2 is 2.19 bits per heavy atom. The Balaban J connectivity index is 1.92. The summed E-state index contributed by atoms with van der Waals surface area (Å²) in [4.78, 5) is 0. The molecule has 0 bridgehead atoms. The van der Waals surface area contributed by atoms with Crippen molar-refractivity contribution in [3.8, 4) is 0 Å². The minimum absolute atomic E-state index is 0.282. The van der Waals surface area contributed by atoms with Gasteiger partial charge in [-0.3, -0.25) is 0 Å². The van der Waals surface area contributed by atoms with Crippen molar-refractivity contribution in [2.75, 3.05) is 0 Å². The fraction of sp³-hybridized carbons (Fsp3) is 0.833. The summed E-state index contributed by atoms with van der Waals surface area (Å²) in [5, 5.41) is 11.7. The van der Waals surface area contributed by atoms with Crippen LogP contribution in [0.2, 0.25) is 0 Å². The second-order valence-electron chi connectivity index (χ2n) is 5.85. The first kappa shape index (κ1) is 11.6. The third kappa shape index (κ3) is 2.61. The fourth-order valence-corrected chi connectivity index (χ4v) is 1.60. The van der Waals surface area contributed by atoms with Gasteiger partial charge < -0.3 is 9.88 Å². The molecule has 1 heterocycles. The van der Waals surface area contributed by atoms with E-state index < -0.39 is 0 Å². The monoisotopic (exact) mass is 222 g/mol. The Kier molecular flexibility index (Phi) is 3.02. The molecular weight excluding hydrogens is 200 g/mol. The average Bonchev–Trinajstić information content (AvgIpc) is 2.93. The quantitative estimate of drug-likeness (QED) is 0.848. The van der Waals surface area contributed by atoms with Crippen molar-refractivity contribution in [3.05, 3.63) is 12.2 Å². The fourth-order valence-electron chi connectivity index (χ4n) is 1.60. The maximum Gasteiger partial charge on any atom is 0.147 e. The number of hydrogen-bond acceptors (Lipinski definition) is 3. The molecule has 1 aromatic rings. The highest BCUT2D eigenvalue weighted by Crippen LogP contribution is 2.35. The maximum absolute atomic E-state index is 4.18. The largest absolute Gasteiger partial charge is 0.313 e. The van der Waals surface area contributed by atoms with Gasteiger partial charge in [0.15, 0.2) is 0 Å². The zero-order valence-electron chi connectivity index (χ0n) is 10.7. The summed E-state index contributed by atoms with van der Waals surface area (Å²) < 4.78 is 2.21. The van der Waals surface area contributed by atoms with E-state index in [1.54, 1.807) is 0 Å². The van der Waals surface area contributed by atoms with Crippen LogP contribution in [0, 0.1) is 5.41 Å². The second-order valence-corrected chi connectivity index (χ2v) is 5.85. The summed E-state index contributed by atoms with van der Waals surface area (Å²) in [6.45, 7) is 9.77. The van der Waals surface area contributed by atoms with Gasteiger partial charge in [-0.05, 0) is 25.2 Å². The van der Waals surface area contributed by atoms with Crippen LogP contribution in [-0.4, -0.2) is 20.8 Å². The Labute approximate surface area is 97.5 Å². The first-order valence-electron chi connectivity index (χ1n) is 6.10. The smallest absolute Gasteiger partial charge is 0.147 e. The van der Waals surface area contributed by atoms with E-state index in [2.05, 4.69) is 47.8 Å². The topological polar surface area (TPSA) is 42.7 Å². The average molecular weight is 222 g/mol. The van der Waals surface area contributed by atoms with Crippen molar-refractivity contribution in [2.45, 2.75) is 59.2 Å². The SMILES string of the molecule is CC(NCc1nncn1C1CC1)C(C)(C)C. The van der Waals surface area contributed by atoms with Gasteiger partial charge >= 0.3 is 0 Å². The molecule has 1 aliphatic rings. The van der Waals surface area contributed by atoms with E-state index in [4.69, 9.17) is 0 Å². The normalized spacial score (nSPS) is 18.8. The van der Waals surface area contributed by atoms with Crippen molar-refractivity contribution >= 4 is 0 Å². The molecule has 1 fully saturated rings. The standard InChI is InChI=1S/C12H22N4/c1-9(12(2,3)4)13-7-11-15-14-8-16(11)10-5-6-10/h8-10,13H,5-7H2,1-4H3. The van der Waals surface area contributed by atoms with Crippen molar-refractivity contribution < 1.29 is 0 Å². The van der Waals surface area contributed by atoms with Crippen LogP contribution in [0.1, 0.15) is 52.4 Å². The van der Waals surface area contributed by atoms with Crippen LogP contribution in [0.25, 0.3) is 0 Å². The van der Waals surface area contributed by atoms with Gasteiger partial charge in [-0.2, -0.15) is 0 Å². The minimum atomic E-state index is 0.282. The van der Waals surface area contributed by atoms with Gasteiger partial charge in [-0.1, -0.05) is 20.8 Å². The predicted molar refractivity (Wildman–Crippen MR) is 64.0 cm³/mol. The Bertz CT molecular complexity index is 346. The molecule has 1 atom stereocenters. The molecule has 0 amide bonds. The lowest BCUT2D eigenvalue weighted by molar-refractivity contribution is 0.282. The van der Waals surface area contributed by atoms with E-state index in [-0.39, 0.29) is 5.41 Å². The highest BCUT2D eigenvalue weighted by molar-refractivity contribution is 4.95. The first-order valence-corrected chi connectivity index (χ1v) is 6.10. The van der Waals surface area contributed by atoms with Gasteiger partial charge in [-0.25, -0.2) is 0 Å². The van der Waals surface area contributed by atoms with Crippen LogP contribution in [0.4, 0.5) is 0 Å². The molecule has 1 N–H and O–H groups in total. The Morgan fingerprint density at radius 1 is 1.50 bits per heavy atom. The lowest BCUT2D eigenvalue weighted by Gasteiger charge is -2.28. The Morgan fingerprint density at radius 3 is 2.75 bits per heavy atom. The van der Waals surface area contributed by atoms with E-state index in [1.807, 2.05) is 6.33 Å². The maximum atomic E-state index is 4.18. The molecule has 2 rings (SSSR count). The van der Waals surface area contributed by atoms with Crippen molar-refractivity contribution in [2.24, 2.45) is 5.41 Å². The van der Waals surface area contributed by atoms with Gasteiger partial charge in [-0.15, -0.1) is 10.2 Å². The number of hydrogen-bond donors (Lipinski definition) is 1. The lowest BCUT2D eigenvalue weighted by Crippen LogP contribution is -2.37. The zero-order valence-corrected chi connectivity index (χ0v) is 10.7. The van der Waals surface area contributed by atoms with Gasteiger partial charge in [0.05, 0.1) is 6.54 Å². The number of nitrogens with one attached hydrogen (secondary N) is 1. The van der Waals surface area contributed by atoms with Crippen LogP contribution in [0.3, 0.4) is 0 Å². The highest BCUT2D eigenvalue weighted by atomic mass is 15.3. The highest BCUT2D eigenvalue weighted by Gasteiger charge is 2.26. The summed E-state index contributed by atoms with van der Waals surface area (Å²) >= 11 is 0. The molecule has 4 heteroatoms. The summed E-state index contributed by atoms with van der Waals surface area (Å²) in [6.07, 6.45) is 4.41. The van der Waals surface area contributed by atoms with Gasteiger partial charge in [0.25, 0.3) is 0 Å². The lowest BCUT2D eigenvalue weighted by atomic mass is 9.88. The molecule has 1 unspecified atom stereocenters. The summed E-state index contributed by atoms with van der Waals surface area (Å²) in [5.41, 5.74) is 0.282. The molecule has 1 aliphatic carbocycles. The third-order valence-corrected chi connectivity index (χ3v) is 3.45. The van der Waals surface area contributed by atoms with Crippen LogP contribution in [-0.2, 0) is 6.54 Å². The van der Waals surface area contributed by atoms with Crippen molar-refractivity contribution in [1.29, 1.82) is 0 Å². The minimum Gasteiger partial charge on any atom is -0.313 e. The summed E-state index contributed by atoms with van der Waals surface area (Å²) in [7, 11) is 0. The molecule has 4 nitrogen and oxygen atoms in total. The van der Waals surface area contributed by atoms with Gasteiger partial charge in [0.1, 0.15) is 12.2 Å². The van der Waals surface area contributed by atoms with Crippen molar-refractivity contribution in [1.82, 2.24) is 20.1 Å². The predicted octanol–water partition coefficient (Wildman–Crippen LogP) is 2.14. The molecule has 0 aromatic carbocycles. The van der Waals surface area contributed by atoms with E-state index in [0.29, 0.717) is 12.1 Å². The van der Waals surface area contributed by atoms with Crippen LogP contribution in [0.5, 0.6) is 0 Å². The van der Waals surface area contributed by atoms with E-state index in [9.17, 15) is 0 Å². The molecule has 0 aliphatic heterocycles.